The first kappa shape index (κ1) is 14.0. The Bertz CT molecular complexity index is 726. The van der Waals surface area contributed by atoms with Gasteiger partial charge in [-0.25, -0.2) is 4.68 Å². The minimum Gasteiger partial charge on any atom is -0.292 e. The average molecular weight is 317 g/mol. The molecule has 0 radical (unpaired) electrons. The minimum atomic E-state index is -4.61. The third-order valence-corrected chi connectivity index (χ3v) is 3.39. The van der Waals surface area contributed by atoms with Gasteiger partial charge in [-0.15, -0.1) is 5.10 Å². The number of nitrogens with zero attached hydrogens (tertiary/aromatic N) is 4. The van der Waals surface area contributed by atoms with Gasteiger partial charge < -0.3 is 0 Å². The van der Waals surface area contributed by atoms with Crippen LogP contribution in [0.5, 0.6) is 0 Å². The van der Waals surface area contributed by atoms with Crippen LogP contribution in [0, 0.1) is 0 Å². The summed E-state index contributed by atoms with van der Waals surface area (Å²) >= 11 is 5.69. The maximum absolute atomic E-state index is 13.1. The Labute approximate surface area is 121 Å². The van der Waals surface area contributed by atoms with E-state index in [1.165, 1.54) is 12.3 Å². The van der Waals surface area contributed by atoms with Gasteiger partial charge in [-0.1, -0.05) is 11.6 Å². The molecule has 2 heterocycles. The van der Waals surface area contributed by atoms with E-state index in [-0.39, 0.29) is 40.7 Å². The van der Waals surface area contributed by atoms with Crippen LogP contribution in [-0.4, -0.2) is 25.8 Å². The van der Waals surface area contributed by atoms with Crippen molar-refractivity contribution in [3.63, 3.8) is 0 Å². The average Bonchev–Trinajstić information content (AvgIpc) is 2.79. The van der Waals surface area contributed by atoms with Gasteiger partial charge in [-0.3, -0.25) is 4.79 Å². The molecule has 1 aliphatic rings. The van der Waals surface area contributed by atoms with Gasteiger partial charge in [0.25, 0.3) is 0 Å². The molecule has 0 spiro atoms. The summed E-state index contributed by atoms with van der Waals surface area (Å²) in [7, 11) is 0. The first-order valence-electron chi connectivity index (χ1n) is 6.09. The van der Waals surface area contributed by atoms with Crippen molar-refractivity contribution >= 4 is 17.4 Å². The van der Waals surface area contributed by atoms with E-state index in [0.29, 0.717) is 6.42 Å². The summed E-state index contributed by atoms with van der Waals surface area (Å²) in [5.41, 5.74) is -0.959. The van der Waals surface area contributed by atoms with Crippen LogP contribution in [0.2, 0.25) is 5.15 Å². The Morgan fingerprint density at radius 2 is 2.05 bits per heavy atom. The molecular weight excluding hydrogens is 309 g/mol. The molecule has 3 rings (SSSR count). The molecule has 0 bridgehead atoms. The first-order chi connectivity index (χ1) is 9.88. The van der Waals surface area contributed by atoms with Crippen molar-refractivity contribution in [2.24, 2.45) is 0 Å². The molecule has 0 aliphatic heterocycles. The van der Waals surface area contributed by atoms with Crippen LogP contribution in [-0.2, 0) is 12.6 Å². The third-order valence-electron chi connectivity index (χ3n) is 3.20. The molecule has 2 aromatic heterocycles. The SMILES string of the molecule is O=C1CCCc2c(C(F)(F)F)nn(-c3cnnc(Cl)c3)c21. The van der Waals surface area contributed by atoms with Crippen LogP contribution in [0.3, 0.4) is 0 Å². The van der Waals surface area contributed by atoms with Crippen molar-refractivity contribution in [1.82, 2.24) is 20.0 Å². The van der Waals surface area contributed by atoms with Gasteiger partial charge in [0, 0.05) is 18.1 Å². The number of carbonyl (C=O) groups excluding carboxylic acids is 1. The Morgan fingerprint density at radius 3 is 2.71 bits per heavy atom. The fourth-order valence-corrected chi connectivity index (χ4v) is 2.53. The van der Waals surface area contributed by atoms with Crippen LogP contribution < -0.4 is 0 Å². The summed E-state index contributed by atoms with van der Waals surface area (Å²) in [6.45, 7) is 0. The molecule has 0 unspecified atom stereocenters. The summed E-state index contributed by atoms with van der Waals surface area (Å²) in [6, 6.07) is 1.31. The van der Waals surface area contributed by atoms with E-state index in [9.17, 15) is 18.0 Å². The number of rotatable bonds is 1. The lowest BCUT2D eigenvalue weighted by molar-refractivity contribution is -0.142. The third kappa shape index (κ3) is 2.39. The molecule has 0 N–H and O–H groups in total. The van der Waals surface area contributed by atoms with Gasteiger partial charge in [0.2, 0.25) is 0 Å². The smallest absolute Gasteiger partial charge is 0.292 e. The summed E-state index contributed by atoms with van der Waals surface area (Å²) in [5, 5.41) is 10.7. The fraction of sp³-hybridized carbons (Fsp3) is 0.333. The van der Waals surface area contributed by atoms with Gasteiger partial charge >= 0.3 is 6.18 Å². The van der Waals surface area contributed by atoms with Crippen molar-refractivity contribution in [3.05, 3.63) is 34.4 Å². The fourth-order valence-electron chi connectivity index (χ4n) is 2.38. The van der Waals surface area contributed by atoms with Crippen LogP contribution in [0.1, 0.15) is 34.6 Å². The van der Waals surface area contributed by atoms with Gasteiger partial charge in [0.15, 0.2) is 16.6 Å². The molecule has 0 saturated heterocycles. The van der Waals surface area contributed by atoms with E-state index in [1.54, 1.807) is 0 Å². The molecule has 2 aromatic rings. The number of aromatic nitrogens is 4. The quantitative estimate of drug-likeness (QED) is 0.811. The molecular formula is C12H8ClF3N4O. The number of carbonyl (C=O) groups is 1. The first-order valence-corrected chi connectivity index (χ1v) is 6.46. The van der Waals surface area contributed by atoms with Gasteiger partial charge in [-0.05, 0) is 12.8 Å². The largest absolute Gasteiger partial charge is 0.435 e. The zero-order valence-corrected chi connectivity index (χ0v) is 11.2. The number of fused-ring (bicyclic) bond motifs is 1. The number of hydrogen-bond acceptors (Lipinski definition) is 4. The van der Waals surface area contributed by atoms with Crippen LogP contribution in [0.15, 0.2) is 12.3 Å². The second-order valence-corrected chi connectivity index (χ2v) is 4.99. The highest BCUT2D eigenvalue weighted by Gasteiger charge is 2.41. The van der Waals surface area contributed by atoms with Crippen molar-refractivity contribution in [2.45, 2.75) is 25.4 Å². The molecule has 21 heavy (non-hydrogen) atoms. The zero-order valence-electron chi connectivity index (χ0n) is 10.5. The van der Waals surface area contributed by atoms with Gasteiger partial charge in [0.05, 0.1) is 11.9 Å². The van der Waals surface area contributed by atoms with E-state index in [1.807, 2.05) is 0 Å². The van der Waals surface area contributed by atoms with Crippen LogP contribution >= 0.6 is 11.6 Å². The molecule has 5 nitrogen and oxygen atoms in total. The van der Waals surface area contributed by atoms with E-state index in [0.717, 1.165) is 4.68 Å². The van der Waals surface area contributed by atoms with Crippen molar-refractivity contribution in [3.8, 4) is 5.69 Å². The van der Waals surface area contributed by atoms with Crippen LogP contribution in [0.4, 0.5) is 13.2 Å². The van der Waals surface area contributed by atoms with E-state index >= 15 is 0 Å². The number of alkyl halides is 3. The Hall–Kier alpha value is -1.96. The number of Topliss-reactive ketones (excluding diaryl/α,β-unsaturated/α-hetero) is 1. The highest BCUT2D eigenvalue weighted by Crippen LogP contribution is 2.36. The van der Waals surface area contributed by atoms with Gasteiger partial charge in [0.1, 0.15) is 5.69 Å². The lowest BCUT2D eigenvalue weighted by Crippen LogP contribution is -2.16. The second kappa shape index (κ2) is 4.80. The predicted molar refractivity (Wildman–Crippen MR) is 66.4 cm³/mol. The minimum absolute atomic E-state index is 0.00793. The van der Waals surface area contributed by atoms with E-state index in [4.69, 9.17) is 11.6 Å². The number of halogens is 4. The summed E-state index contributed by atoms with van der Waals surface area (Å²) < 4.78 is 40.2. The molecule has 9 heteroatoms. The lowest BCUT2D eigenvalue weighted by atomic mass is 9.94. The van der Waals surface area contributed by atoms with Crippen LogP contribution in [0.25, 0.3) is 5.69 Å². The Balaban J connectivity index is 2.26. The molecule has 0 amide bonds. The van der Waals surface area contributed by atoms with E-state index < -0.39 is 11.9 Å². The molecule has 0 aromatic carbocycles. The molecule has 0 atom stereocenters. The van der Waals surface area contributed by atoms with Crippen molar-refractivity contribution in [1.29, 1.82) is 0 Å². The topological polar surface area (TPSA) is 60.7 Å². The number of hydrogen-bond donors (Lipinski definition) is 0. The van der Waals surface area contributed by atoms with Crippen molar-refractivity contribution in [2.75, 3.05) is 0 Å². The standard InChI is InChI=1S/C12H8ClF3N4O/c13-9-4-6(5-17-18-9)20-10-7(2-1-3-8(10)21)11(19-20)12(14,15)16/h4-5H,1-3H2. The molecule has 0 fully saturated rings. The zero-order chi connectivity index (χ0) is 15.2. The molecule has 0 saturated carbocycles. The van der Waals surface area contributed by atoms with Crippen molar-refractivity contribution < 1.29 is 18.0 Å². The van der Waals surface area contributed by atoms with Gasteiger partial charge in [-0.2, -0.15) is 23.4 Å². The van der Waals surface area contributed by atoms with E-state index in [2.05, 4.69) is 15.3 Å². The molecule has 1 aliphatic carbocycles. The summed E-state index contributed by atoms with van der Waals surface area (Å²) in [6.07, 6.45) is -2.65. The summed E-state index contributed by atoms with van der Waals surface area (Å²) in [5.74, 6) is -0.368. The highest BCUT2D eigenvalue weighted by atomic mass is 35.5. The highest BCUT2D eigenvalue weighted by molar-refractivity contribution is 6.29. The normalized spacial score (nSPS) is 15.1. The predicted octanol–water partition coefficient (Wildman–Crippen LogP) is 2.85. The second-order valence-electron chi connectivity index (χ2n) is 4.60. The maximum Gasteiger partial charge on any atom is 0.435 e. The summed E-state index contributed by atoms with van der Waals surface area (Å²) in [4.78, 5) is 12.0. The lowest BCUT2D eigenvalue weighted by Gasteiger charge is -2.13. The number of ketones is 1. The Morgan fingerprint density at radius 1 is 1.29 bits per heavy atom. The monoisotopic (exact) mass is 316 g/mol. The molecule has 110 valence electrons. The maximum atomic E-state index is 13.1. The Kier molecular flexibility index (Phi) is 3.20.